The molecule has 0 saturated carbocycles. The number of hydrogen-bond donors (Lipinski definition) is 3. The van der Waals surface area contributed by atoms with Crippen LogP contribution in [0.2, 0.25) is 0 Å². The number of amides is 1. The minimum Gasteiger partial charge on any atom is -0.489 e. The van der Waals surface area contributed by atoms with Crippen molar-refractivity contribution >= 4 is 23.3 Å². The van der Waals surface area contributed by atoms with Crippen molar-refractivity contribution in [3.8, 4) is 5.75 Å². The third kappa shape index (κ3) is 4.77. The van der Waals surface area contributed by atoms with Crippen LogP contribution in [-0.2, 0) is 6.61 Å². The van der Waals surface area contributed by atoms with Crippen LogP contribution in [0.3, 0.4) is 0 Å². The Balaban J connectivity index is 1.89. The normalized spacial score (nSPS) is 9.71. The van der Waals surface area contributed by atoms with Gasteiger partial charge in [0, 0.05) is 5.56 Å². The van der Waals surface area contributed by atoms with E-state index in [1.807, 2.05) is 35.8 Å². The molecule has 0 fully saturated rings. The number of hydrazine groups is 1. The van der Waals surface area contributed by atoms with E-state index >= 15 is 0 Å². The van der Waals surface area contributed by atoms with Gasteiger partial charge in [-0.1, -0.05) is 42.5 Å². The van der Waals surface area contributed by atoms with Crippen molar-refractivity contribution in [2.45, 2.75) is 6.61 Å². The molecule has 0 aliphatic carbocycles. The van der Waals surface area contributed by atoms with Crippen molar-refractivity contribution in [3.63, 3.8) is 0 Å². The summed E-state index contributed by atoms with van der Waals surface area (Å²) in [5.74, 6) is 0.719. The molecule has 0 atom stereocenters. The van der Waals surface area contributed by atoms with Crippen LogP contribution in [0, 0.1) is 0 Å². The summed E-state index contributed by atoms with van der Waals surface area (Å²) in [4.78, 5) is 10.7. The van der Waals surface area contributed by atoms with E-state index in [0.29, 0.717) is 17.2 Å². The first-order valence-electron chi connectivity index (χ1n) is 6.21. The zero-order chi connectivity index (χ0) is 15.1. The van der Waals surface area contributed by atoms with Crippen molar-refractivity contribution in [3.05, 3.63) is 65.7 Å². The molecule has 5 nitrogen and oxygen atoms in total. The van der Waals surface area contributed by atoms with Crippen LogP contribution in [0.15, 0.2) is 54.6 Å². The van der Waals surface area contributed by atoms with Crippen molar-refractivity contribution in [1.29, 1.82) is 0 Å². The first kappa shape index (κ1) is 14.8. The van der Waals surface area contributed by atoms with E-state index in [4.69, 9.17) is 22.1 Å². The maximum Gasteiger partial charge on any atom is 0.423 e. The largest absolute Gasteiger partial charge is 0.489 e. The van der Waals surface area contributed by atoms with E-state index in [0.717, 1.165) is 11.3 Å². The summed E-state index contributed by atoms with van der Waals surface area (Å²) in [6, 6.07) is 17.0. The Morgan fingerprint density at radius 1 is 1.05 bits per heavy atom. The second kappa shape index (κ2) is 7.25. The van der Waals surface area contributed by atoms with Gasteiger partial charge in [0.05, 0.1) is 0 Å². The molecule has 2 aromatic rings. The van der Waals surface area contributed by atoms with Gasteiger partial charge < -0.3 is 9.84 Å². The first-order chi connectivity index (χ1) is 10.1. The monoisotopic (exact) mass is 302 g/mol. The fourth-order valence-corrected chi connectivity index (χ4v) is 1.81. The molecule has 21 heavy (non-hydrogen) atoms. The molecule has 0 saturated heterocycles. The second-order valence-electron chi connectivity index (χ2n) is 4.18. The molecule has 0 unspecified atom stereocenters. The number of ether oxygens (including phenoxy) is 1. The highest BCUT2D eigenvalue weighted by Gasteiger charge is 2.03. The smallest absolute Gasteiger partial charge is 0.423 e. The van der Waals surface area contributed by atoms with Crippen LogP contribution < -0.4 is 15.6 Å². The maximum atomic E-state index is 10.4. The molecule has 0 spiro atoms. The number of carbonyl (C=O) groups is 1. The highest BCUT2D eigenvalue weighted by atomic mass is 32.1. The standard InChI is InChI=1S/C15H14N2O3S/c18-15(19)17-16-14(21)12-6-8-13(9-7-12)20-10-11-4-2-1-3-5-11/h1-9,17H,10H2,(H,16,21)(H,18,19). The molecule has 2 aromatic carbocycles. The van der Waals surface area contributed by atoms with Gasteiger partial charge in [0.15, 0.2) is 0 Å². The lowest BCUT2D eigenvalue weighted by Gasteiger charge is -2.09. The van der Waals surface area contributed by atoms with Gasteiger partial charge in [-0.2, -0.15) is 0 Å². The molecule has 0 radical (unpaired) electrons. The minimum absolute atomic E-state index is 0.298. The van der Waals surface area contributed by atoms with Crippen molar-refractivity contribution in [1.82, 2.24) is 10.9 Å². The molecule has 6 heteroatoms. The second-order valence-corrected chi connectivity index (χ2v) is 4.59. The Morgan fingerprint density at radius 2 is 1.71 bits per heavy atom. The summed E-state index contributed by atoms with van der Waals surface area (Å²) in [5, 5.41) is 8.48. The number of benzene rings is 2. The van der Waals surface area contributed by atoms with E-state index in [1.165, 1.54) is 0 Å². The van der Waals surface area contributed by atoms with Gasteiger partial charge in [0.1, 0.15) is 17.3 Å². The fraction of sp³-hybridized carbons (Fsp3) is 0.0667. The van der Waals surface area contributed by atoms with Crippen molar-refractivity contribution < 1.29 is 14.6 Å². The van der Waals surface area contributed by atoms with Crippen LogP contribution in [-0.4, -0.2) is 16.2 Å². The topological polar surface area (TPSA) is 70.6 Å². The zero-order valence-corrected chi connectivity index (χ0v) is 11.9. The molecule has 0 aromatic heterocycles. The molecule has 0 aliphatic rings. The maximum absolute atomic E-state index is 10.4. The van der Waals surface area contributed by atoms with Crippen molar-refractivity contribution in [2.75, 3.05) is 0 Å². The van der Waals surface area contributed by atoms with Crippen LogP contribution in [0.1, 0.15) is 11.1 Å². The average molecular weight is 302 g/mol. The number of nitrogens with one attached hydrogen (secondary N) is 2. The number of rotatable bonds is 4. The lowest BCUT2D eigenvalue weighted by atomic mass is 10.2. The summed E-state index contributed by atoms with van der Waals surface area (Å²) in [5.41, 5.74) is 6.20. The minimum atomic E-state index is -1.19. The quantitative estimate of drug-likeness (QED) is 0.598. The molecule has 1 amide bonds. The summed E-state index contributed by atoms with van der Waals surface area (Å²) in [6.45, 7) is 0.490. The third-order valence-electron chi connectivity index (χ3n) is 2.65. The van der Waals surface area contributed by atoms with E-state index in [9.17, 15) is 4.79 Å². The van der Waals surface area contributed by atoms with E-state index in [-0.39, 0.29) is 0 Å². The lowest BCUT2D eigenvalue weighted by Crippen LogP contribution is -2.40. The fourth-order valence-electron chi connectivity index (χ4n) is 1.63. The predicted octanol–water partition coefficient (Wildman–Crippen LogP) is 2.71. The Morgan fingerprint density at radius 3 is 2.33 bits per heavy atom. The third-order valence-corrected chi connectivity index (χ3v) is 2.99. The molecule has 0 bridgehead atoms. The Hall–Kier alpha value is -2.60. The average Bonchev–Trinajstić information content (AvgIpc) is 2.52. The SMILES string of the molecule is O=C(O)NNC(=S)c1ccc(OCc2ccccc2)cc1. The summed E-state index contributed by atoms with van der Waals surface area (Å²) < 4.78 is 5.65. The van der Waals surface area contributed by atoms with E-state index in [1.54, 1.807) is 24.3 Å². The summed E-state index contributed by atoms with van der Waals surface area (Å²) >= 11 is 5.05. The van der Waals surface area contributed by atoms with Gasteiger partial charge in [-0.3, -0.25) is 5.43 Å². The van der Waals surface area contributed by atoms with Crippen molar-refractivity contribution in [2.24, 2.45) is 0 Å². The van der Waals surface area contributed by atoms with Crippen LogP contribution in [0.5, 0.6) is 5.75 Å². The van der Waals surface area contributed by atoms with Crippen LogP contribution in [0.4, 0.5) is 4.79 Å². The highest BCUT2D eigenvalue weighted by Crippen LogP contribution is 2.14. The van der Waals surface area contributed by atoms with E-state index < -0.39 is 6.09 Å². The molecular formula is C15H14N2O3S. The first-order valence-corrected chi connectivity index (χ1v) is 6.62. The Labute approximate surface area is 127 Å². The van der Waals surface area contributed by atoms with Gasteiger partial charge in [-0.05, 0) is 29.8 Å². The molecule has 3 N–H and O–H groups in total. The number of carboxylic acid groups (broad SMARTS) is 1. The molecule has 0 heterocycles. The lowest BCUT2D eigenvalue weighted by molar-refractivity contribution is 0.192. The number of hydrogen-bond acceptors (Lipinski definition) is 3. The Kier molecular flexibility index (Phi) is 5.11. The molecule has 0 aliphatic heterocycles. The Bertz CT molecular complexity index is 615. The van der Waals surface area contributed by atoms with Crippen LogP contribution in [0.25, 0.3) is 0 Å². The molecule has 108 valence electrons. The zero-order valence-electron chi connectivity index (χ0n) is 11.1. The predicted molar refractivity (Wildman–Crippen MR) is 83.2 cm³/mol. The number of thiocarbonyl (C=S) groups is 1. The van der Waals surface area contributed by atoms with Gasteiger partial charge in [-0.25, -0.2) is 10.2 Å². The molecular weight excluding hydrogens is 288 g/mol. The van der Waals surface area contributed by atoms with Gasteiger partial charge in [0.2, 0.25) is 0 Å². The van der Waals surface area contributed by atoms with Gasteiger partial charge in [-0.15, -0.1) is 0 Å². The highest BCUT2D eigenvalue weighted by molar-refractivity contribution is 7.80. The summed E-state index contributed by atoms with van der Waals surface area (Å²) in [6.07, 6.45) is -1.19. The van der Waals surface area contributed by atoms with Gasteiger partial charge >= 0.3 is 6.09 Å². The van der Waals surface area contributed by atoms with Crippen LogP contribution >= 0.6 is 12.2 Å². The molecule has 2 rings (SSSR count). The summed E-state index contributed by atoms with van der Waals surface area (Å²) in [7, 11) is 0. The van der Waals surface area contributed by atoms with E-state index in [2.05, 4.69) is 5.43 Å². The van der Waals surface area contributed by atoms with Gasteiger partial charge in [0.25, 0.3) is 0 Å².